The van der Waals surface area contributed by atoms with E-state index in [4.69, 9.17) is 9.98 Å². The summed E-state index contributed by atoms with van der Waals surface area (Å²) >= 11 is 3.44. The molecule has 52 heavy (non-hydrogen) atoms. The highest BCUT2D eigenvalue weighted by Gasteiger charge is 2.37. The van der Waals surface area contributed by atoms with Gasteiger partial charge in [0.25, 0.3) is 0 Å². The van der Waals surface area contributed by atoms with Gasteiger partial charge in [-0.15, -0.1) is 22.7 Å². The van der Waals surface area contributed by atoms with Crippen LogP contribution in [0.15, 0.2) is 204 Å². The Labute approximate surface area is 315 Å². The monoisotopic (exact) mass is 738 g/mol. The van der Waals surface area contributed by atoms with Gasteiger partial charge in [0.05, 0.1) is 11.4 Å². The molecule has 8 aromatic rings. The molecule has 0 atom stereocenters. The highest BCUT2D eigenvalue weighted by Crippen LogP contribution is 2.21. The van der Waals surface area contributed by atoms with E-state index in [1.807, 2.05) is 0 Å². The van der Waals surface area contributed by atoms with Gasteiger partial charge < -0.3 is 0 Å². The Morgan fingerprint density at radius 1 is 0.327 bits per heavy atom. The molecule has 6 heteroatoms. The Morgan fingerprint density at radius 2 is 0.596 bits per heavy atom. The van der Waals surface area contributed by atoms with Gasteiger partial charge in [-0.05, 0) is 55.4 Å². The van der Waals surface area contributed by atoms with E-state index >= 15 is 0 Å². The highest BCUT2D eigenvalue weighted by atomic mass is 32.1. The largest absolute Gasteiger partial charge is 0.235 e. The van der Waals surface area contributed by atoms with Crippen molar-refractivity contribution in [1.29, 1.82) is 0 Å². The molecule has 0 amide bonds. The fraction of sp³-hybridized carbons (Fsp3) is 0.0435. The van der Waals surface area contributed by atoms with E-state index in [9.17, 15) is 0 Å². The van der Waals surface area contributed by atoms with Crippen LogP contribution in [-0.2, 0) is 0 Å². The first-order valence-corrected chi connectivity index (χ1v) is 24.2. The quantitative estimate of drug-likeness (QED) is 0.113. The minimum Gasteiger partial charge on any atom is -0.235 e. The van der Waals surface area contributed by atoms with E-state index < -0.39 is 16.1 Å². The van der Waals surface area contributed by atoms with E-state index in [0.717, 1.165) is 20.7 Å². The Hall–Kier alpha value is -5.25. The molecular weight excluding hydrogens is 701 g/mol. The summed E-state index contributed by atoms with van der Waals surface area (Å²) in [5, 5.41) is 8.02. The van der Waals surface area contributed by atoms with Crippen molar-refractivity contribution in [3.8, 4) is 0 Å². The van der Waals surface area contributed by atoms with E-state index in [0.29, 0.717) is 0 Å². The summed E-state index contributed by atoms with van der Waals surface area (Å²) in [6.45, 7) is 4.91. The lowest BCUT2D eigenvalue weighted by Crippen LogP contribution is -2.64. The summed E-state index contributed by atoms with van der Waals surface area (Å²) in [5.74, 6) is 0. The zero-order valence-corrected chi connectivity index (χ0v) is 32.8. The summed E-state index contributed by atoms with van der Waals surface area (Å²) < 4.78 is 4.25. The first kappa shape index (κ1) is 33.9. The summed E-state index contributed by atoms with van der Waals surface area (Å²) in [4.78, 5) is 11.2. The van der Waals surface area contributed by atoms with Gasteiger partial charge in [-0.3, -0.25) is 0 Å². The van der Waals surface area contributed by atoms with Crippen LogP contribution in [0.2, 0.25) is 13.1 Å². The molecule has 0 fully saturated rings. The summed E-state index contributed by atoms with van der Waals surface area (Å²) in [7, 11) is -4.88. The molecule has 0 aliphatic heterocycles. The second kappa shape index (κ2) is 14.8. The fourth-order valence-electron chi connectivity index (χ4n) is 7.30. The molecule has 7 aromatic carbocycles. The van der Waals surface area contributed by atoms with E-state index in [1.54, 1.807) is 22.7 Å². The number of fused-ring (bicyclic) bond motifs is 1. The molecule has 1 aromatic heterocycles. The SMILES string of the molecule is C[Si](c1ccccc1)(c1ccccc1)c1ccccc1N=c1sc2ccccc2sc1=Nc1ccccc1[Si](C)(c1ccccc1)c1ccccc1. The number of hydrogen-bond donors (Lipinski definition) is 0. The van der Waals surface area contributed by atoms with Gasteiger partial charge in [-0.2, -0.15) is 0 Å². The molecule has 0 N–H and O–H groups in total. The van der Waals surface area contributed by atoms with Crippen LogP contribution < -0.4 is 40.5 Å². The molecule has 0 aliphatic rings. The zero-order valence-electron chi connectivity index (χ0n) is 29.2. The summed E-state index contributed by atoms with van der Waals surface area (Å²) in [5.41, 5.74) is 2.00. The van der Waals surface area contributed by atoms with Crippen molar-refractivity contribution < 1.29 is 0 Å². The second-order valence-corrected chi connectivity index (χ2v) is 23.2. The summed E-state index contributed by atoms with van der Waals surface area (Å²) in [6, 6.07) is 70.1. The van der Waals surface area contributed by atoms with E-state index in [-0.39, 0.29) is 0 Å². The number of benzene rings is 7. The molecule has 0 spiro atoms. The smallest absolute Gasteiger partial charge is 0.153 e. The lowest BCUT2D eigenvalue weighted by molar-refractivity contribution is 1.33. The number of para-hydroxylation sites is 2. The third-order valence-electron chi connectivity index (χ3n) is 10.2. The van der Waals surface area contributed by atoms with Crippen molar-refractivity contribution in [3.63, 3.8) is 0 Å². The lowest BCUT2D eigenvalue weighted by atomic mass is 10.3. The Balaban J connectivity index is 1.39. The highest BCUT2D eigenvalue weighted by molar-refractivity contribution is 7.25. The van der Waals surface area contributed by atoms with Gasteiger partial charge in [-0.1, -0.05) is 183 Å². The molecule has 0 unspecified atom stereocenters. The number of nitrogens with zero attached hydrogens (tertiary/aromatic N) is 2. The third-order valence-corrected chi connectivity index (χ3v) is 21.5. The average molecular weight is 739 g/mol. The van der Waals surface area contributed by atoms with E-state index in [2.05, 4.69) is 207 Å². The van der Waals surface area contributed by atoms with Crippen LogP contribution in [0, 0.1) is 0 Å². The number of hydrogen-bond acceptors (Lipinski definition) is 4. The van der Waals surface area contributed by atoms with Crippen LogP contribution in [0.5, 0.6) is 0 Å². The first-order chi connectivity index (χ1) is 25.5. The molecule has 0 aliphatic carbocycles. The van der Waals surface area contributed by atoms with Crippen molar-refractivity contribution in [1.82, 2.24) is 0 Å². The molecule has 2 nitrogen and oxygen atoms in total. The van der Waals surface area contributed by atoms with Crippen LogP contribution in [0.25, 0.3) is 9.40 Å². The van der Waals surface area contributed by atoms with Gasteiger partial charge in [0.1, 0.15) is 16.1 Å². The second-order valence-electron chi connectivity index (χ2n) is 13.2. The minimum atomic E-state index is -2.44. The van der Waals surface area contributed by atoms with Crippen molar-refractivity contribution in [2.75, 3.05) is 0 Å². The van der Waals surface area contributed by atoms with Crippen LogP contribution in [0.3, 0.4) is 0 Å². The van der Waals surface area contributed by atoms with Crippen LogP contribution in [-0.4, -0.2) is 16.1 Å². The Kier molecular flexibility index (Phi) is 9.62. The maximum atomic E-state index is 5.59. The Morgan fingerprint density at radius 3 is 0.923 bits per heavy atom. The lowest BCUT2D eigenvalue weighted by Gasteiger charge is -2.30. The molecule has 1 heterocycles. The predicted octanol–water partition coefficient (Wildman–Crippen LogP) is 7.63. The molecule has 8 rings (SSSR count). The molecule has 0 saturated heterocycles. The van der Waals surface area contributed by atoms with Crippen molar-refractivity contribution in [3.05, 3.63) is 203 Å². The third kappa shape index (κ3) is 6.39. The maximum Gasteiger partial charge on any atom is 0.153 e. The molecule has 0 bridgehead atoms. The van der Waals surface area contributed by atoms with Crippen molar-refractivity contribution >= 4 is 90.7 Å². The van der Waals surface area contributed by atoms with Gasteiger partial charge in [0.2, 0.25) is 0 Å². The average Bonchev–Trinajstić information content (AvgIpc) is 3.22. The topological polar surface area (TPSA) is 24.7 Å². The normalized spacial score (nSPS) is 12.7. The zero-order chi connectivity index (χ0) is 35.4. The van der Waals surface area contributed by atoms with Gasteiger partial charge in [-0.25, -0.2) is 9.98 Å². The molecule has 0 radical (unpaired) electrons. The summed E-state index contributed by atoms with van der Waals surface area (Å²) in [6.07, 6.45) is 0. The standard InChI is InChI=1S/C46H38N2S2Si2/c1-51(35-21-7-3-8-22-35,36-23-9-4-10-24-36)43-33-19-15-29-39(43)47-45-46(50-42-32-18-17-31-41(42)49-45)48-40-30-16-20-34-44(40)52(2,37-25-11-5-12-26-37)38-27-13-6-14-28-38/h3-34H,1-2H3. The molecule has 252 valence electrons. The van der Waals surface area contributed by atoms with Gasteiger partial charge >= 0.3 is 0 Å². The maximum absolute atomic E-state index is 5.59. The van der Waals surface area contributed by atoms with Crippen molar-refractivity contribution in [2.24, 2.45) is 9.98 Å². The van der Waals surface area contributed by atoms with Crippen molar-refractivity contribution in [2.45, 2.75) is 13.1 Å². The first-order valence-electron chi connectivity index (χ1n) is 17.6. The molecular formula is C46H38N2S2Si2. The van der Waals surface area contributed by atoms with E-state index in [1.165, 1.54) is 40.5 Å². The predicted molar refractivity (Wildman–Crippen MR) is 230 cm³/mol. The van der Waals surface area contributed by atoms with Gasteiger partial charge in [0, 0.05) is 9.40 Å². The van der Waals surface area contributed by atoms with Crippen LogP contribution in [0.4, 0.5) is 11.4 Å². The van der Waals surface area contributed by atoms with Crippen LogP contribution >= 0.6 is 22.7 Å². The number of rotatable bonds is 8. The van der Waals surface area contributed by atoms with Gasteiger partial charge in [0.15, 0.2) is 9.34 Å². The fourth-order valence-corrected chi connectivity index (χ4v) is 16.9. The van der Waals surface area contributed by atoms with Crippen LogP contribution in [0.1, 0.15) is 0 Å². The minimum absolute atomic E-state index is 0.922. The molecule has 0 saturated carbocycles. The Bertz CT molecular complexity index is 2340.